The zero-order valence-electron chi connectivity index (χ0n) is 10.6. The zero-order chi connectivity index (χ0) is 12.5. The van der Waals surface area contributed by atoms with Crippen molar-refractivity contribution in [2.24, 2.45) is 0 Å². The molecule has 1 saturated heterocycles. The number of fused-ring (bicyclic) bond motifs is 1. The first-order valence-corrected chi connectivity index (χ1v) is 7.36. The minimum Gasteiger partial charge on any atom is -0.486 e. The molecule has 2 aliphatic rings. The molecule has 0 amide bonds. The van der Waals surface area contributed by atoms with Crippen molar-refractivity contribution in [1.82, 2.24) is 5.32 Å². The van der Waals surface area contributed by atoms with Gasteiger partial charge < -0.3 is 14.8 Å². The summed E-state index contributed by atoms with van der Waals surface area (Å²) in [7, 11) is 0. The van der Waals surface area contributed by atoms with Crippen LogP contribution in [0.15, 0.2) is 10.5 Å². The molecule has 1 aromatic rings. The van der Waals surface area contributed by atoms with Crippen molar-refractivity contribution >= 4 is 15.9 Å². The normalized spacial score (nSPS) is 19.9. The summed E-state index contributed by atoms with van der Waals surface area (Å²) in [5.41, 5.74) is 2.66. The Bertz CT molecular complexity index is 456. The van der Waals surface area contributed by atoms with Gasteiger partial charge in [0.15, 0.2) is 11.5 Å². The first-order chi connectivity index (χ1) is 8.77. The Balaban J connectivity index is 2.01. The van der Waals surface area contributed by atoms with Gasteiger partial charge in [-0.2, -0.15) is 0 Å². The minimum atomic E-state index is 0.637. The molecule has 0 atom stereocenters. The Kier molecular flexibility index (Phi) is 3.48. The van der Waals surface area contributed by atoms with Crippen molar-refractivity contribution in [3.8, 4) is 11.5 Å². The van der Waals surface area contributed by atoms with E-state index in [-0.39, 0.29) is 0 Å². The standard InChI is InChI=1S/C14H18BrNO2/c1-9-11(10-2-4-16-5-3-10)8-12(15)14-13(9)17-6-7-18-14/h8,10,16H,2-7H2,1H3. The number of nitrogens with one attached hydrogen (secondary N) is 1. The SMILES string of the molecule is Cc1c(C2CCNCC2)cc(Br)c2c1OCCO2. The van der Waals surface area contributed by atoms with E-state index in [1.165, 1.54) is 24.0 Å². The topological polar surface area (TPSA) is 30.5 Å². The fourth-order valence-electron chi connectivity index (χ4n) is 2.87. The van der Waals surface area contributed by atoms with Crippen molar-refractivity contribution < 1.29 is 9.47 Å². The predicted octanol–water partition coefficient (Wildman–Crippen LogP) is 3.00. The smallest absolute Gasteiger partial charge is 0.175 e. The van der Waals surface area contributed by atoms with Crippen LogP contribution >= 0.6 is 15.9 Å². The molecule has 2 aliphatic heterocycles. The molecule has 4 heteroatoms. The van der Waals surface area contributed by atoms with Crippen LogP contribution < -0.4 is 14.8 Å². The number of ether oxygens (including phenoxy) is 2. The van der Waals surface area contributed by atoms with Gasteiger partial charge in [-0.05, 0) is 71.9 Å². The van der Waals surface area contributed by atoms with Crippen LogP contribution in [0.2, 0.25) is 0 Å². The zero-order valence-corrected chi connectivity index (χ0v) is 12.2. The van der Waals surface area contributed by atoms with E-state index in [4.69, 9.17) is 9.47 Å². The lowest BCUT2D eigenvalue weighted by Gasteiger charge is -2.28. The molecule has 0 radical (unpaired) electrons. The lowest BCUT2D eigenvalue weighted by atomic mass is 9.87. The molecular weight excluding hydrogens is 294 g/mol. The molecule has 2 heterocycles. The van der Waals surface area contributed by atoms with Crippen LogP contribution in [0.1, 0.15) is 29.9 Å². The summed E-state index contributed by atoms with van der Waals surface area (Å²) < 4.78 is 12.5. The molecule has 18 heavy (non-hydrogen) atoms. The van der Waals surface area contributed by atoms with Crippen LogP contribution in [0.25, 0.3) is 0 Å². The second-order valence-electron chi connectivity index (χ2n) is 4.95. The lowest BCUT2D eigenvalue weighted by molar-refractivity contribution is 0.169. The van der Waals surface area contributed by atoms with Gasteiger partial charge in [-0.15, -0.1) is 0 Å². The first-order valence-electron chi connectivity index (χ1n) is 6.56. The molecular formula is C14H18BrNO2. The van der Waals surface area contributed by atoms with E-state index >= 15 is 0 Å². The van der Waals surface area contributed by atoms with Crippen molar-refractivity contribution in [1.29, 1.82) is 0 Å². The fourth-order valence-corrected chi connectivity index (χ4v) is 3.41. The molecule has 0 aliphatic carbocycles. The third-order valence-electron chi connectivity index (χ3n) is 3.83. The van der Waals surface area contributed by atoms with E-state index in [0.717, 1.165) is 29.1 Å². The first kappa shape index (κ1) is 12.3. The Morgan fingerprint density at radius 2 is 1.83 bits per heavy atom. The molecule has 1 N–H and O–H groups in total. The molecule has 0 bridgehead atoms. The van der Waals surface area contributed by atoms with Crippen molar-refractivity contribution in [3.63, 3.8) is 0 Å². The van der Waals surface area contributed by atoms with Crippen LogP contribution in [-0.4, -0.2) is 26.3 Å². The van der Waals surface area contributed by atoms with Gasteiger partial charge >= 0.3 is 0 Å². The van der Waals surface area contributed by atoms with Crippen LogP contribution in [0.4, 0.5) is 0 Å². The number of piperidine rings is 1. The molecule has 98 valence electrons. The molecule has 0 unspecified atom stereocenters. The predicted molar refractivity (Wildman–Crippen MR) is 74.7 cm³/mol. The van der Waals surface area contributed by atoms with E-state index < -0.39 is 0 Å². The molecule has 1 aromatic carbocycles. The van der Waals surface area contributed by atoms with Gasteiger partial charge in [0.05, 0.1) is 4.47 Å². The average Bonchev–Trinajstić information content (AvgIpc) is 2.44. The Hall–Kier alpha value is -0.740. The third-order valence-corrected chi connectivity index (χ3v) is 4.42. The average molecular weight is 312 g/mol. The fraction of sp³-hybridized carbons (Fsp3) is 0.571. The second-order valence-corrected chi connectivity index (χ2v) is 5.81. The highest BCUT2D eigenvalue weighted by atomic mass is 79.9. The van der Waals surface area contributed by atoms with Gasteiger partial charge in [-0.1, -0.05) is 0 Å². The molecule has 0 aromatic heterocycles. The number of hydrogen-bond acceptors (Lipinski definition) is 3. The molecule has 0 spiro atoms. The highest BCUT2D eigenvalue weighted by Crippen LogP contribution is 2.44. The Morgan fingerprint density at radius 1 is 1.17 bits per heavy atom. The summed E-state index contributed by atoms with van der Waals surface area (Å²) in [6, 6.07) is 2.22. The summed E-state index contributed by atoms with van der Waals surface area (Å²) in [4.78, 5) is 0. The minimum absolute atomic E-state index is 0.637. The van der Waals surface area contributed by atoms with Crippen molar-refractivity contribution in [2.75, 3.05) is 26.3 Å². The van der Waals surface area contributed by atoms with Gasteiger partial charge in [0.1, 0.15) is 13.2 Å². The monoisotopic (exact) mass is 311 g/mol. The highest BCUT2D eigenvalue weighted by molar-refractivity contribution is 9.10. The summed E-state index contributed by atoms with van der Waals surface area (Å²) >= 11 is 3.61. The summed E-state index contributed by atoms with van der Waals surface area (Å²) in [6.07, 6.45) is 2.40. The van der Waals surface area contributed by atoms with Gasteiger partial charge in [-0.25, -0.2) is 0 Å². The molecule has 0 saturated carbocycles. The maximum absolute atomic E-state index is 5.80. The second kappa shape index (κ2) is 5.10. The number of benzene rings is 1. The third kappa shape index (κ3) is 2.12. The number of hydrogen-bond donors (Lipinski definition) is 1. The summed E-state index contributed by atoms with van der Waals surface area (Å²) in [5.74, 6) is 2.44. The van der Waals surface area contributed by atoms with Gasteiger partial charge in [0.25, 0.3) is 0 Å². The largest absolute Gasteiger partial charge is 0.486 e. The highest BCUT2D eigenvalue weighted by Gasteiger charge is 2.25. The summed E-state index contributed by atoms with van der Waals surface area (Å²) in [6.45, 7) is 5.65. The van der Waals surface area contributed by atoms with Gasteiger partial charge in [0, 0.05) is 0 Å². The summed E-state index contributed by atoms with van der Waals surface area (Å²) in [5, 5.41) is 3.41. The Morgan fingerprint density at radius 3 is 2.56 bits per heavy atom. The van der Waals surface area contributed by atoms with Gasteiger partial charge in [0.2, 0.25) is 0 Å². The van der Waals surface area contributed by atoms with E-state index in [0.29, 0.717) is 19.1 Å². The van der Waals surface area contributed by atoms with E-state index in [9.17, 15) is 0 Å². The van der Waals surface area contributed by atoms with Crippen molar-refractivity contribution in [3.05, 3.63) is 21.7 Å². The lowest BCUT2D eigenvalue weighted by Crippen LogP contribution is -2.27. The quantitative estimate of drug-likeness (QED) is 0.865. The Labute approximate surface area is 116 Å². The molecule has 3 nitrogen and oxygen atoms in total. The van der Waals surface area contributed by atoms with Gasteiger partial charge in [-0.3, -0.25) is 0 Å². The molecule has 1 fully saturated rings. The van der Waals surface area contributed by atoms with Crippen LogP contribution in [0, 0.1) is 6.92 Å². The van der Waals surface area contributed by atoms with Crippen LogP contribution in [0.5, 0.6) is 11.5 Å². The van der Waals surface area contributed by atoms with Crippen LogP contribution in [-0.2, 0) is 0 Å². The maximum atomic E-state index is 5.80. The van der Waals surface area contributed by atoms with E-state index in [1.54, 1.807) is 0 Å². The van der Waals surface area contributed by atoms with E-state index in [1.807, 2.05) is 0 Å². The molecule has 3 rings (SSSR count). The maximum Gasteiger partial charge on any atom is 0.175 e. The van der Waals surface area contributed by atoms with Crippen LogP contribution in [0.3, 0.4) is 0 Å². The van der Waals surface area contributed by atoms with E-state index in [2.05, 4.69) is 34.2 Å². The number of halogens is 1. The number of rotatable bonds is 1. The van der Waals surface area contributed by atoms with Crippen molar-refractivity contribution in [2.45, 2.75) is 25.7 Å².